The van der Waals surface area contributed by atoms with E-state index in [1.165, 1.54) is 19.1 Å². The molecule has 3 aliphatic heterocycles. The summed E-state index contributed by atoms with van der Waals surface area (Å²) in [4.78, 5) is 76.5. The lowest BCUT2D eigenvalue weighted by atomic mass is 9.77. The highest BCUT2D eigenvalue weighted by Crippen LogP contribution is 2.56. The molecule has 13 nitrogen and oxygen atoms in total. The third-order valence-corrected chi connectivity index (χ3v) is 9.98. The molecule has 4 aromatic carbocycles. The van der Waals surface area contributed by atoms with Gasteiger partial charge in [0.2, 0.25) is 5.91 Å². The summed E-state index contributed by atoms with van der Waals surface area (Å²) >= 11 is 0. The maximum atomic E-state index is 13.7. The Morgan fingerprint density at radius 2 is 1.46 bits per heavy atom. The molecule has 5 amide bonds. The summed E-state index contributed by atoms with van der Waals surface area (Å²) < 4.78 is 18.3. The molecule has 3 heterocycles. The molecule has 0 unspecified atom stereocenters. The molecule has 0 saturated heterocycles. The van der Waals surface area contributed by atoms with E-state index in [2.05, 4.69) is 16.0 Å². The van der Waals surface area contributed by atoms with Gasteiger partial charge in [-0.1, -0.05) is 38.1 Å². The molecule has 7 rings (SSSR count). The maximum absolute atomic E-state index is 13.7. The van der Waals surface area contributed by atoms with Gasteiger partial charge in [-0.3, -0.25) is 24.1 Å². The molecule has 0 bridgehead atoms. The van der Waals surface area contributed by atoms with Crippen molar-refractivity contribution < 1.29 is 43.0 Å². The number of fused-ring (bicyclic) bond motifs is 6. The van der Waals surface area contributed by atoms with Gasteiger partial charge >= 0.3 is 18.0 Å². The van der Waals surface area contributed by atoms with Gasteiger partial charge in [-0.15, -0.1) is 0 Å². The number of anilines is 2. The van der Waals surface area contributed by atoms with E-state index in [1.807, 2.05) is 45.9 Å². The van der Waals surface area contributed by atoms with Crippen LogP contribution in [0, 0.1) is 13.8 Å². The van der Waals surface area contributed by atoms with Crippen LogP contribution in [0.15, 0.2) is 84.9 Å². The Morgan fingerprint density at radius 3 is 2.12 bits per heavy atom. The van der Waals surface area contributed by atoms with E-state index in [9.17, 15) is 28.8 Å². The number of aryl methyl sites for hydroxylation is 2. The van der Waals surface area contributed by atoms with Gasteiger partial charge in [0.15, 0.2) is 5.60 Å². The molecule has 13 heteroatoms. The van der Waals surface area contributed by atoms with Crippen LogP contribution in [0.4, 0.5) is 16.2 Å². The fourth-order valence-corrected chi connectivity index (χ4v) is 7.82. The second-order valence-corrected chi connectivity index (χ2v) is 14.7. The van der Waals surface area contributed by atoms with Gasteiger partial charge in [0.1, 0.15) is 17.2 Å². The Balaban J connectivity index is 1.13. The number of imide groups is 1. The fraction of sp³-hybridized carbons (Fsp3) is 0.256. The summed E-state index contributed by atoms with van der Waals surface area (Å²) in [5.74, 6) is -0.955. The van der Waals surface area contributed by atoms with Gasteiger partial charge in [-0.05, 0) is 67.8 Å². The van der Waals surface area contributed by atoms with Crippen molar-refractivity contribution in [2.75, 3.05) is 23.7 Å². The number of hydrogen-bond acceptors (Lipinski definition) is 9. The fourth-order valence-electron chi connectivity index (χ4n) is 7.82. The number of urea groups is 1. The number of ether oxygens (including phenoxy) is 3. The van der Waals surface area contributed by atoms with Gasteiger partial charge < -0.3 is 30.2 Å². The summed E-state index contributed by atoms with van der Waals surface area (Å²) in [5, 5.41) is 8.49. The number of nitrogens with zero attached hydrogens (tertiary/aromatic N) is 1. The number of hydrogen-bond donors (Lipinski definition) is 3. The Morgan fingerprint density at radius 1 is 0.821 bits per heavy atom. The summed E-state index contributed by atoms with van der Waals surface area (Å²) in [6.45, 7) is 9.39. The smallest absolute Gasteiger partial charge is 0.340 e. The van der Waals surface area contributed by atoms with Crippen molar-refractivity contribution in [3.63, 3.8) is 0 Å². The highest BCUT2D eigenvalue weighted by Gasteiger charge is 2.53. The van der Waals surface area contributed by atoms with Crippen LogP contribution in [0.3, 0.4) is 0 Å². The Kier molecular flexibility index (Phi) is 9.71. The Hall–Kier alpha value is -6.76. The van der Waals surface area contributed by atoms with Crippen LogP contribution in [-0.2, 0) is 34.9 Å². The minimum Gasteiger partial charge on any atom is -0.456 e. The number of nitrogens with one attached hydrogen (secondary N) is 3. The number of carbonyl (C=O) groups is 6. The van der Waals surface area contributed by atoms with Crippen molar-refractivity contribution in [2.24, 2.45) is 0 Å². The van der Waals surface area contributed by atoms with E-state index in [0.717, 1.165) is 21.6 Å². The standard InChI is InChI=1S/C43H40N4O9/c1-24-19-25(2)39(35(20-24)54-26(3)48)42(4,5)23-36(49)45-27-11-13-31-33(21-27)55-34-22-28(46-41(53)44-17-8-18-47-37(50)15-16-38(47)51)12-14-32(34)43(31)30-10-7-6-9-29(30)40(52)56-43/h6-7,9-16,19-22H,8,17-18,23H2,1-5H3,(H,45,49)(H2,44,46,53)/t43-/m0/s1. The zero-order chi connectivity index (χ0) is 39.9. The van der Waals surface area contributed by atoms with Gasteiger partial charge in [0.25, 0.3) is 11.8 Å². The van der Waals surface area contributed by atoms with E-state index in [4.69, 9.17) is 14.2 Å². The van der Waals surface area contributed by atoms with Gasteiger partial charge in [-0.2, -0.15) is 0 Å². The first-order chi connectivity index (χ1) is 26.7. The predicted molar refractivity (Wildman–Crippen MR) is 206 cm³/mol. The molecule has 286 valence electrons. The van der Waals surface area contributed by atoms with Crippen LogP contribution in [0.25, 0.3) is 0 Å². The van der Waals surface area contributed by atoms with Crippen LogP contribution in [0.1, 0.15) is 77.4 Å². The van der Waals surface area contributed by atoms with Crippen LogP contribution >= 0.6 is 0 Å². The van der Waals surface area contributed by atoms with Crippen molar-refractivity contribution in [2.45, 2.75) is 58.5 Å². The third-order valence-electron chi connectivity index (χ3n) is 9.98. The van der Waals surface area contributed by atoms with E-state index in [-0.39, 0.29) is 37.2 Å². The molecule has 0 aromatic heterocycles. The van der Waals surface area contributed by atoms with Crippen LogP contribution in [0.2, 0.25) is 0 Å². The number of amides is 5. The summed E-state index contributed by atoms with van der Waals surface area (Å²) in [5.41, 5.74) is 3.42. The van der Waals surface area contributed by atoms with E-state index < -0.39 is 29.0 Å². The average molecular weight is 757 g/mol. The van der Waals surface area contributed by atoms with Crippen LogP contribution < -0.4 is 25.4 Å². The lowest BCUT2D eigenvalue weighted by Gasteiger charge is -2.37. The topological polar surface area (TPSA) is 169 Å². The van der Waals surface area contributed by atoms with Crippen LogP contribution in [0.5, 0.6) is 17.2 Å². The lowest BCUT2D eigenvalue weighted by molar-refractivity contribution is -0.137. The normalized spacial score (nSPS) is 16.4. The summed E-state index contributed by atoms with van der Waals surface area (Å²) in [7, 11) is 0. The Labute approximate surface area is 323 Å². The molecule has 0 aliphatic carbocycles. The maximum Gasteiger partial charge on any atom is 0.340 e. The van der Waals surface area contributed by atoms with Gasteiger partial charge in [0, 0.05) is 89.8 Å². The third kappa shape index (κ3) is 6.99. The minimum atomic E-state index is -1.38. The zero-order valence-corrected chi connectivity index (χ0v) is 31.5. The number of esters is 2. The van der Waals surface area contributed by atoms with Crippen molar-refractivity contribution in [1.29, 1.82) is 0 Å². The molecule has 0 radical (unpaired) electrons. The first-order valence-corrected chi connectivity index (χ1v) is 18.1. The average Bonchev–Trinajstić information content (AvgIpc) is 3.60. The molecule has 0 saturated carbocycles. The lowest BCUT2D eigenvalue weighted by Crippen LogP contribution is -2.35. The highest BCUT2D eigenvalue weighted by molar-refractivity contribution is 6.12. The molecule has 4 aromatic rings. The monoisotopic (exact) mass is 756 g/mol. The summed E-state index contributed by atoms with van der Waals surface area (Å²) in [6, 6.07) is 20.6. The second-order valence-electron chi connectivity index (χ2n) is 14.7. The van der Waals surface area contributed by atoms with Crippen molar-refractivity contribution in [1.82, 2.24) is 10.2 Å². The van der Waals surface area contributed by atoms with Crippen molar-refractivity contribution >= 4 is 47.1 Å². The largest absolute Gasteiger partial charge is 0.456 e. The SMILES string of the molecule is CC(=O)Oc1cc(C)cc(C)c1C(C)(C)CC(=O)Nc1ccc2c(c1)Oc1cc(NC(=O)NCCCN3C(=O)C=CC3=O)ccc1[C@@]21OC(=O)c2ccccc21. The van der Waals surface area contributed by atoms with E-state index in [1.54, 1.807) is 54.6 Å². The quantitative estimate of drug-likeness (QED) is 0.0704. The Bertz CT molecular complexity index is 2360. The van der Waals surface area contributed by atoms with Gasteiger partial charge in [0.05, 0.1) is 5.56 Å². The first-order valence-electron chi connectivity index (χ1n) is 18.1. The first kappa shape index (κ1) is 37.6. The number of carbonyl (C=O) groups excluding carboxylic acids is 6. The molecule has 0 fully saturated rings. The highest BCUT2D eigenvalue weighted by atomic mass is 16.6. The molecule has 56 heavy (non-hydrogen) atoms. The van der Waals surface area contributed by atoms with Gasteiger partial charge in [-0.25, -0.2) is 9.59 Å². The predicted octanol–water partition coefficient (Wildman–Crippen LogP) is 6.54. The van der Waals surface area contributed by atoms with Crippen molar-refractivity contribution in [3.05, 3.63) is 124 Å². The number of rotatable bonds is 10. The van der Waals surface area contributed by atoms with E-state index >= 15 is 0 Å². The second kappa shape index (κ2) is 14.5. The molecule has 3 N–H and O–H groups in total. The molecular formula is C43H40N4O9. The minimum absolute atomic E-state index is 0.0592. The molecule has 1 atom stereocenters. The molecular weight excluding hydrogens is 716 g/mol. The zero-order valence-electron chi connectivity index (χ0n) is 31.5. The molecule has 3 aliphatic rings. The van der Waals surface area contributed by atoms with Crippen LogP contribution in [-0.4, -0.2) is 53.7 Å². The molecule has 1 spiro atoms. The van der Waals surface area contributed by atoms with Crippen molar-refractivity contribution in [3.8, 4) is 17.2 Å². The number of benzene rings is 4. The van der Waals surface area contributed by atoms with E-state index in [0.29, 0.717) is 57.3 Å². The summed E-state index contributed by atoms with van der Waals surface area (Å²) in [6.07, 6.45) is 2.85.